The molecule has 0 aliphatic carbocycles. The van der Waals surface area contributed by atoms with Crippen LogP contribution in [0.5, 0.6) is 0 Å². The van der Waals surface area contributed by atoms with Gasteiger partial charge in [0.2, 0.25) is 0 Å². The molecule has 1 aliphatic heterocycles. The molecule has 2 heterocycles. The predicted octanol–water partition coefficient (Wildman–Crippen LogP) is 1.07. The second-order valence-corrected chi connectivity index (χ2v) is 7.17. The molecular formula is C19H37N7O. The average molecular weight is 380 g/mol. The number of aromatic nitrogens is 3. The van der Waals surface area contributed by atoms with Crippen molar-refractivity contribution in [3.8, 4) is 0 Å². The van der Waals surface area contributed by atoms with Gasteiger partial charge in [0.25, 0.3) is 0 Å². The van der Waals surface area contributed by atoms with Crippen LogP contribution in [0.1, 0.15) is 43.8 Å². The van der Waals surface area contributed by atoms with Crippen LogP contribution in [0.2, 0.25) is 0 Å². The minimum absolute atomic E-state index is 0.816. The normalized spacial score (nSPS) is 14.9. The Hall–Kier alpha value is -1.67. The first-order valence-corrected chi connectivity index (χ1v) is 10.3. The molecule has 2 rings (SSSR count). The van der Waals surface area contributed by atoms with Gasteiger partial charge in [-0.2, -0.15) is 0 Å². The van der Waals surface area contributed by atoms with Crippen molar-refractivity contribution < 1.29 is 4.74 Å². The third-order valence-electron chi connectivity index (χ3n) is 4.95. The Morgan fingerprint density at radius 1 is 1.15 bits per heavy atom. The van der Waals surface area contributed by atoms with Gasteiger partial charge >= 0.3 is 0 Å². The number of aryl methyl sites for hydroxylation is 2. The lowest BCUT2D eigenvalue weighted by molar-refractivity contribution is 0.180. The maximum Gasteiger partial charge on any atom is 0.191 e. The molecule has 154 valence electrons. The molecule has 1 aliphatic rings. The summed E-state index contributed by atoms with van der Waals surface area (Å²) < 4.78 is 7.42. The number of aliphatic imine (C=N–C) groups is 1. The number of likely N-dealkylation sites (N-methyl/N-ethyl adjacent to an activating group) is 1. The number of methoxy groups -OCH3 is 1. The maximum atomic E-state index is 5.09. The van der Waals surface area contributed by atoms with E-state index < -0.39 is 0 Å². The van der Waals surface area contributed by atoms with E-state index in [4.69, 9.17) is 4.74 Å². The summed E-state index contributed by atoms with van der Waals surface area (Å²) in [5.41, 5.74) is 0. The Morgan fingerprint density at radius 3 is 2.81 bits per heavy atom. The Kier molecular flexibility index (Phi) is 10.1. The summed E-state index contributed by atoms with van der Waals surface area (Å²) in [6, 6.07) is 0. The molecule has 1 aromatic heterocycles. The first kappa shape index (κ1) is 21.6. The molecular weight excluding hydrogens is 342 g/mol. The first-order valence-electron chi connectivity index (χ1n) is 10.3. The van der Waals surface area contributed by atoms with Gasteiger partial charge in [-0.1, -0.05) is 6.42 Å². The zero-order valence-corrected chi connectivity index (χ0v) is 17.3. The second kappa shape index (κ2) is 12.7. The molecule has 8 nitrogen and oxygen atoms in total. The van der Waals surface area contributed by atoms with Crippen LogP contribution >= 0.6 is 0 Å². The Balaban J connectivity index is 1.60. The van der Waals surface area contributed by atoms with Gasteiger partial charge in [-0.3, -0.25) is 4.99 Å². The summed E-state index contributed by atoms with van der Waals surface area (Å²) in [5.74, 6) is 3.16. The fourth-order valence-electron chi connectivity index (χ4n) is 3.36. The van der Waals surface area contributed by atoms with Crippen LogP contribution in [0.4, 0.5) is 0 Å². The van der Waals surface area contributed by atoms with Crippen LogP contribution in [-0.4, -0.2) is 79.6 Å². The molecule has 0 amide bonds. The summed E-state index contributed by atoms with van der Waals surface area (Å²) in [4.78, 5) is 6.60. The number of rotatable bonds is 11. The number of ether oxygens (including phenoxy) is 1. The van der Waals surface area contributed by atoms with E-state index >= 15 is 0 Å². The minimum Gasteiger partial charge on any atom is -0.385 e. The summed E-state index contributed by atoms with van der Waals surface area (Å²) in [7, 11) is 5.70. The van der Waals surface area contributed by atoms with Crippen LogP contribution in [0.3, 0.4) is 0 Å². The van der Waals surface area contributed by atoms with Crippen molar-refractivity contribution in [1.82, 2.24) is 30.3 Å². The summed E-state index contributed by atoms with van der Waals surface area (Å²) in [5, 5.41) is 15.5. The van der Waals surface area contributed by atoms with Crippen molar-refractivity contribution in [1.29, 1.82) is 0 Å². The third kappa shape index (κ3) is 7.84. The largest absolute Gasteiger partial charge is 0.385 e. The Labute approximate surface area is 163 Å². The molecule has 0 aromatic carbocycles. The van der Waals surface area contributed by atoms with Crippen molar-refractivity contribution in [2.75, 3.05) is 54.0 Å². The molecule has 27 heavy (non-hydrogen) atoms. The smallest absolute Gasteiger partial charge is 0.191 e. The number of hydrogen-bond acceptors (Lipinski definition) is 5. The van der Waals surface area contributed by atoms with Gasteiger partial charge in [-0.15, -0.1) is 10.2 Å². The van der Waals surface area contributed by atoms with Gasteiger partial charge in [0, 0.05) is 66.3 Å². The zero-order chi connectivity index (χ0) is 19.3. The van der Waals surface area contributed by atoms with E-state index in [-0.39, 0.29) is 0 Å². The first-order chi connectivity index (χ1) is 13.2. The molecule has 1 aromatic rings. The van der Waals surface area contributed by atoms with Crippen molar-refractivity contribution in [2.24, 2.45) is 4.99 Å². The average Bonchev–Trinajstić information content (AvgIpc) is 2.90. The molecule has 0 radical (unpaired) electrons. The number of guanidine groups is 1. The maximum absolute atomic E-state index is 5.09. The van der Waals surface area contributed by atoms with Gasteiger partial charge in [0.05, 0.1) is 0 Å². The van der Waals surface area contributed by atoms with Crippen molar-refractivity contribution in [2.45, 2.75) is 51.5 Å². The summed E-state index contributed by atoms with van der Waals surface area (Å²) in [6.45, 7) is 5.68. The highest BCUT2D eigenvalue weighted by molar-refractivity contribution is 5.79. The molecule has 0 unspecified atom stereocenters. The van der Waals surface area contributed by atoms with E-state index in [0.717, 1.165) is 76.8 Å². The molecule has 0 fully saturated rings. The molecule has 2 N–H and O–H groups in total. The molecule has 0 atom stereocenters. The van der Waals surface area contributed by atoms with Crippen LogP contribution in [0, 0.1) is 0 Å². The van der Waals surface area contributed by atoms with E-state index in [2.05, 4.69) is 42.3 Å². The second-order valence-electron chi connectivity index (χ2n) is 7.17. The lowest BCUT2D eigenvalue weighted by Crippen LogP contribution is -2.41. The zero-order valence-electron chi connectivity index (χ0n) is 17.3. The highest BCUT2D eigenvalue weighted by Crippen LogP contribution is 2.15. The van der Waals surface area contributed by atoms with Gasteiger partial charge in [-0.25, -0.2) is 0 Å². The van der Waals surface area contributed by atoms with Gasteiger partial charge in [0.15, 0.2) is 5.96 Å². The van der Waals surface area contributed by atoms with E-state index in [1.807, 2.05) is 7.05 Å². The molecule has 0 saturated heterocycles. The quantitative estimate of drug-likeness (QED) is 0.340. The van der Waals surface area contributed by atoms with E-state index in [1.165, 1.54) is 25.1 Å². The fraction of sp³-hybridized carbons (Fsp3) is 0.842. The van der Waals surface area contributed by atoms with E-state index in [9.17, 15) is 0 Å². The van der Waals surface area contributed by atoms with Crippen LogP contribution in [-0.2, 0) is 24.1 Å². The number of nitrogens with zero attached hydrogens (tertiary/aromatic N) is 5. The number of fused-ring (bicyclic) bond motifs is 1. The summed E-state index contributed by atoms with van der Waals surface area (Å²) in [6.07, 6.45) is 7.90. The molecule has 0 bridgehead atoms. The Morgan fingerprint density at radius 2 is 2.00 bits per heavy atom. The van der Waals surface area contributed by atoms with Gasteiger partial charge in [-0.05, 0) is 32.7 Å². The van der Waals surface area contributed by atoms with E-state index in [0.29, 0.717) is 0 Å². The highest BCUT2D eigenvalue weighted by atomic mass is 16.5. The van der Waals surface area contributed by atoms with Gasteiger partial charge < -0.3 is 24.8 Å². The lowest BCUT2D eigenvalue weighted by Gasteiger charge is -2.18. The van der Waals surface area contributed by atoms with Crippen LogP contribution in [0.25, 0.3) is 0 Å². The number of hydrogen-bond donors (Lipinski definition) is 2. The van der Waals surface area contributed by atoms with Crippen molar-refractivity contribution in [3.63, 3.8) is 0 Å². The fourth-order valence-corrected chi connectivity index (χ4v) is 3.36. The van der Waals surface area contributed by atoms with E-state index in [1.54, 1.807) is 7.11 Å². The molecule has 8 heteroatoms. The van der Waals surface area contributed by atoms with Gasteiger partial charge in [0.1, 0.15) is 11.6 Å². The minimum atomic E-state index is 0.816. The predicted molar refractivity (Wildman–Crippen MR) is 109 cm³/mol. The Bertz CT molecular complexity index is 558. The van der Waals surface area contributed by atoms with Crippen molar-refractivity contribution >= 4 is 5.96 Å². The number of nitrogens with one attached hydrogen (secondary N) is 2. The topological polar surface area (TPSA) is 79.6 Å². The highest BCUT2D eigenvalue weighted by Gasteiger charge is 2.14. The molecule has 0 spiro atoms. The third-order valence-corrected chi connectivity index (χ3v) is 4.95. The standard InChI is InChI=1S/C19H37N7O/c1-20-19(22-12-15-25(2)13-8-16-27-3)21-11-7-10-18-24-23-17-9-5-4-6-14-26(17)18/h4-16H2,1-3H3,(H2,20,21,22). The van der Waals surface area contributed by atoms with Crippen LogP contribution < -0.4 is 10.6 Å². The van der Waals surface area contributed by atoms with Crippen molar-refractivity contribution in [3.05, 3.63) is 11.6 Å². The molecule has 0 saturated carbocycles. The summed E-state index contributed by atoms with van der Waals surface area (Å²) >= 11 is 0. The lowest BCUT2D eigenvalue weighted by atomic mass is 10.2. The SMILES string of the molecule is CN=C(NCCCc1nnc2n1CCCCC2)NCCN(C)CCCOC. The van der Waals surface area contributed by atoms with Crippen LogP contribution in [0.15, 0.2) is 4.99 Å². The monoisotopic (exact) mass is 379 g/mol.